The second-order valence-electron chi connectivity index (χ2n) is 6.88. The Labute approximate surface area is 178 Å². The third-order valence-electron chi connectivity index (χ3n) is 4.27. The van der Waals surface area contributed by atoms with E-state index >= 15 is 0 Å². The van der Waals surface area contributed by atoms with E-state index in [-0.39, 0.29) is 11.6 Å². The van der Waals surface area contributed by atoms with Crippen LogP contribution in [-0.2, 0) is 14.3 Å². The van der Waals surface area contributed by atoms with E-state index < -0.39 is 24.5 Å². The lowest BCUT2D eigenvalue weighted by Gasteiger charge is -2.07. The minimum Gasteiger partial charge on any atom is -0.462 e. The minimum atomic E-state index is -0.831. The summed E-state index contributed by atoms with van der Waals surface area (Å²) in [6, 6.07) is 8.04. The van der Waals surface area contributed by atoms with Crippen LogP contribution in [0.3, 0.4) is 0 Å². The van der Waals surface area contributed by atoms with Gasteiger partial charge in [-0.2, -0.15) is 4.98 Å². The molecule has 10 nitrogen and oxygen atoms in total. The molecule has 0 saturated carbocycles. The number of nitrogens with zero attached hydrogens (tertiary/aromatic N) is 4. The van der Waals surface area contributed by atoms with Gasteiger partial charge in [-0.05, 0) is 50.6 Å². The summed E-state index contributed by atoms with van der Waals surface area (Å²) in [6.07, 6.45) is 1.74. The number of anilines is 1. The first kappa shape index (κ1) is 21.9. The maximum absolute atomic E-state index is 12.2. The molecule has 1 N–H and O–H groups in total. The van der Waals surface area contributed by atoms with Crippen LogP contribution < -0.4 is 5.32 Å². The topological polar surface area (TPSA) is 125 Å². The summed E-state index contributed by atoms with van der Waals surface area (Å²) in [4.78, 5) is 44.4. The molecule has 10 heteroatoms. The summed E-state index contributed by atoms with van der Waals surface area (Å²) in [5, 5.41) is 6.64. The number of rotatable bonds is 8. The Morgan fingerprint density at radius 3 is 2.48 bits per heavy atom. The number of esters is 2. The normalized spacial score (nSPS) is 10.7. The molecule has 0 fully saturated rings. The average molecular weight is 425 g/mol. The number of benzene rings is 1. The number of fused-ring (bicyclic) bond motifs is 1. The number of carbonyl (C=O) groups excluding carboxylic acids is 3. The number of carbonyl (C=O) groups is 3. The maximum atomic E-state index is 12.2. The van der Waals surface area contributed by atoms with Crippen LogP contribution in [0.4, 0.5) is 5.69 Å². The Morgan fingerprint density at radius 1 is 1.03 bits per heavy atom. The SMILES string of the molecule is CCCCOC(=O)c1ccc(NC(=O)COC(=O)c2nc3nc(C)cc(C)n3n2)cc1. The molecule has 0 aliphatic rings. The summed E-state index contributed by atoms with van der Waals surface area (Å²) in [5.41, 5.74) is 2.35. The standard InChI is InChI=1S/C21H23N5O5/c1-4-5-10-30-19(28)15-6-8-16(9-7-15)23-17(27)12-31-20(29)18-24-21-22-13(2)11-14(3)26(21)25-18/h6-9,11H,4-5,10,12H2,1-3H3,(H,23,27). The van der Waals surface area contributed by atoms with Crippen molar-refractivity contribution < 1.29 is 23.9 Å². The van der Waals surface area contributed by atoms with E-state index in [0.717, 1.165) is 24.2 Å². The molecule has 0 spiro atoms. The molecule has 31 heavy (non-hydrogen) atoms. The molecule has 0 aliphatic heterocycles. The largest absolute Gasteiger partial charge is 0.462 e. The Hall–Kier alpha value is -3.82. The number of unbranched alkanes of at least 4 members (excludes halogenated alkanes) is 1. The van der Waals surface area contributed by atoms with Gasteiger partial charge in [-0.15, -0.1) is 5.10 Å². The molecule has 0 atom stereocenters. The molecule has 162 valence electrons. The van der Waals surface area contributed by atoms with Crippen molar-refractivity contribution in [1.29, 1.82) is 0 Å². The zero-order chi connectivity index (χ0) is 22.4. The van der Waals surface area contributed by atoms with Gasteiger partial charge in [0.25, 0.3) is 17.5 Å². The molecular formula is C21H23N5O5. The highest BCUT2D eigenvalue weighted by atomic mass is 16.5. The van der Waals surface area contributed by atoms with Gasteiger partial charge in [0.1, 0.15) is 0 Å². The first-order valence-corrected chi connectivity index (χ1v) is 9.82. The van der Waals surface area contributed by atoms with Crippen LogP contribution in [-0.4, -0.2) is 50.6 Å². The highest BCUT2D eigenvalue weighted by Gasteiger charge is 2.18. The number of ether oxygens (including phenoxy) is 2. The van der Waals surface area contributed by atoms with Crippen molar-refractivity contribution in [3.8, 4) is 0 Å². The van der Waals surface area contributed by atoms with Crippen LogP contribution in [0.25, 0.3) is 5.78 Å². The zero-order valence-corrected chi connectivity index (χ0v) is 17.5. The molecule has 1 aromatic carbocycles. The van der Waals surface area contributed by atoms with E-state index in [4.69, 9.17) is 9.47 Å². The fourth-order valence-electron chi connectivity index (χ4n) is 2.73. The maximum Gasteiger partial charge on any atom is 0.378 e. The van der Waals surface area contributed by atoms with Crippen LogP contribution in [0, 0.1) is 13.8 Å². The van der Waals surface area contributed by atoms with E-state index in [2.05, 4.69) is 20.4 Å². The van der Waals surface area contributed by atoms with Gasteiger partial charge >= 0.3 is 11.9 Å². The van der Waals surface area contributed by atoms with Crippen molar-refractivity contribution in [1.82, 2.24) is 19.6 Å². The number of aryl methyl sites for hydroxylation is 2. The van der Waals surface area contributed by atoms with Crippen molar-refractivity contribution in [3.63, 3.8) is 0 Å². The highest BCUT2D eigenvalue weighted by Crippen LogP contribution is 2.11. The smallest absolute Gasteiger partial charge is 0.378 e. The predicted octanol–water partition coefficient (Wildman–Crippen LogP) is 2.49. The summed E-state index contributed by atoms with van der Waals surface area (Å²) in [7, 11) is 0. The molecule has 3 aromatic rings. The summed E-state index contributed by atoms with van der Waals surface area (Å²) >= 11 is 0. The van der Waals surface area contributed by atoms with Gasteiger partial charge in [0.05, 0.1) is 12.2 Å². The van der Waals surface area contributed by atoms with Gasteiger partial charge in [-0.3, -0.25) is 4.79 Å². The summed E-state index contributed by atoms with van der Waals surface area (Å²) < 4.78 is 11.5. The fraction of sp³-hybridized carbons (Fsp3) is 0.333. The Morgan fingerprint density at radius 2 is 1.77 bits per heavy atom. The van der Waals surface area contributed by atoms with Crippen molar-refractivity contribution >= 4 is 29.3 Å². The summed E-state index contributed by atoms with van der Waals surface area (Å²) in [6.45, 7) is 5.49. The number of nitrogens with one attached hydrogen (secondary N) is 1. The van der Waals surface area contributed by atoms with E-state index in [1.807, 2.05) is 20.8 Å². The molecule has 3 rings (SSSR count). The van der Waals surface area contributed by atoms with Crippen molar-refractivity contribution in [3.05, 3.63) is 53.1 Å². The molecule has 2 heterocycles. The molecule has 0 radical (unpaired) electrons. The lowest BCUT2D eigenvalue weighted by molar-refractivity contribution is -0.119. The Bertz CT molecular complexity index is 1110. The molecule has 0 aliphatic carbocycles. The molecule has 0 bridgehead atoms. The van der Waals surface area contributed by atoms with Gasteiger partial charge in [0.15, 0.2) is 6.61 Å². The quantitative estimate of drug-likeness (QED) is 0.431. The van der Waals surface area contributed by atoms with Crippen LogP contribution in [0.2, 0.25) is 0 Å². The Balaban J connectivity index is 1.52. The molecule has 0 saturated heterocycles. The first-order valence-electron chi connectivity index (χ1n) is 9.82. The van der Waals surface area contributed by atoms with Gasteiger partial charge < -0.3 is 14.8 Å². The van der Waals surface area contributed by atoms with Crippen molar-refractivity contribution in [2.24, 2.45) is 0 Å². The van der Waals surface area contributed by atoms with Gasteiger partial charge in [0, 0.05) is 17.1 Å². The average Bonchev–Trinajstić information content (AvgIpc) is 3.17. The van der Waals surface area contributed by atoms with E-state index in [9.17, 15) is 14.4 Å². The van der Waals surface area contributed by atoms with E-state index in [1.54, 1.807) is 30.3 Å². The first-order chi connectivity index (χ1) is 14.9. The van der Waals surface area contributed by atoms with Crippen LogP contribution in [0.5, 0.6) is 0 Å². The van der Waals surface area contributed by atoms with E-state index in [0.29, 0.717) is 17.9 Å². The number of aromatic nitrogens is 4. The third-order valence-corrected chi connectivity index (χ3v) is 4.27. The molecular weight excluding hydrogens is 402 g/mol. The molecule has 0 unspecified atom stereocenters. The number of hydrogen-bond acceptors (Lipinski definition) is 8. The zero-order valence-electron chi connectivity index (χ0n) is 17.5. The fourth-order valence-corrected chi connectivity index (χ4v) is 2.73. The molecule has 1 amide bonds. The van der Waals surface area contributed by atoms with Gasteiger partial charge in [0.2, 0.25) is 0 Å². The highest BCUT2D eigenvalue weighted by molar-refractivity contribution is 5.95. The van der Waals surface area contributed by atoms with Gasteiger partial charge in [-0.25, -0.2) is 19.1 Å². The summed E-state index contributed by atoms with van der Waals surface area (Å²) in [5.74, 6) is -1.69. The van der Waals surface area contributed by atoms with Crippen LogP contribution in [0.1, 0.15) is 52.1 Å². The Kier molecular flexibility index (Phi) is 6.91. The van der Waals surface area contributed by atoms with E-state index in [1.165, 1.54) is 4.52 Å². The monoisotopic (exact) mass is 425 g/mol. The lowest BCUT2D eigenvalue weighted by Crippen LogP contribution is -2.21. The second kappa shape index (κ2) is 9.79. The second-order valence-corrected chi connectivity index (χ2v) is 6.88. The van der Waals surface area contributed by atoms with Crippen molar-refractivity contribution in [2.75, 3.05) is 18.5 Å². The van der Waals surface area contributed by atoms with Gasteiger partial charge in [-0.1, -0.05) is 13.3 Å². The van der Waals surface area contributed by atoms with Crippen LogP contribution >= 0.6 is 0 Å². The minimum absolute atomic E-state index is 0.181. The predicted molar refractivity (Wildman–Crippen MR) is 111 cm³/mol. The van der Waals surface area contributed by atoms with Crippen molar-refractivity contribution in [2.45, 2.75) is 33.6 Å². The number of hydrogen-bond donors (Lipinski definition) is 1. The lowest BCUT2D eigenvalue weighted by atomic mass is 10.2. The van der Waals surface area contributed by atoms with Crippen LogP contribution in [0.15, 0.2) is 30.3 Å². The third kappa shape index (κ3) is 5.62. The molecule has 2 aromatic heterocycles. The number of amides is 1.